The highest BCUT2D eigenvalue weighted by Crippen LogP contribution is 2.33. The van der Waals surface area contributed by atoms with E-state index in [9.17, 15) is 36.3 Å². The molecule has 1 atom stereocenters. The van der Waals surface area contributed by atoms with Gasteiger partial charge in [-0.05, 0) is 48.0 Å². The number of amides is 1. The number of halogens is 7. The van der Waals surface area contributed by atoms with Crippen molar-refractivity contribution in [1.82, 2.24) is 34.6 Å². The van der Waals surface area contributed by atoms with Gasteiger partial charge in [0, 0.05) is 46.6 Å². The Hall–Kier alpha value is -5.71. The number of alkyl halides is 5. The summed E-state index contributed by atoms with van der Waals surface area (Å²) >= 11 is 6.20. The topological polar surface area (TPSA) is 136 Å². The summed E-state index contributed by atoms with van der Waals surface area (Å²) in [6.45, 7) is -2.90. The van der Waals surface area contributed by atoms with Crippen molar-refractivity contribution in [3.8, 4) is 27.9 Å². The van der Waals surface area contributed by atoms with Gasteiger partial charge in [-0.1, -0.05) is 22.9 Å². The maximum Gasteiger partial charge on any atom is 0.436 e. The molecule has 6 aromatic rings. The van der Waals surface area contributed by atoms with E-state index < -0.39 is 36.2 Å². The predicted molar refractivity (Wildman–Crippen MR) is 157 cm³/mol. The SMILES string of the molecule is NC(=O)c1ccc(-c2cnn([C@H](Cc3ccn(C(F)F)n3)c3ccc(-c4cc(Cl)ccc4-n4cc(C(F)(F)F)nn4)c[n+]3[O-])c2)cc1F. The largest absolute Gasteiger partial charge is 0.618 e. The standard InChI is InChI=1S/C30H20ClF6N9O2/c31-19-3-6-24(45-15-27(40-42-45)30(35,36)37)22(10-19)17-2-5-25(46(48)14-17)26(11-20-7-8-43(41-20)29(33)34)44-13-18(12-39-44)16-1-4-21(28(38)47)23(32)9-16/h1-10,12-15,26,29H,11H2,(H2,38,47)/t26-/m1/s1. The third-order valence-electron chi connectivity index (χ3n) is 7.34. The Balaban J connectivity index is 1.40. The van der Waals surface area contributed by atoms with Crippen LogP contribution < -0.4 is 10.5 Å². The summed E-state index contributed by atoms with van der Waals surface area (Å²) in [4.78, 5) is 11.5. The van der Waals surface area contributed by atoms with Crippen LogP contribution in [0.25, 0.3) is 27.9 Å². The molecule has 2 aromatic carbocycles. The molecule has 6 rings (SSSR count). The molecule has 0 aliphatic rings. The second kappa shape index (κ2) is 12.5. The molecule has 4 heterocycles. The molecule has 0 fully saturated rings. The van der Waals surface area contributed by atoms with Crippen LogP contribution >= 0.6 is 11.6 Å². The van der Waals surface area contributed by atoms with Crippen molar-refractivity contribution in [3.63, 3.8) is 0 Å². The minimum Gasteiger partial charge on any atom is -0.618 e. The summed E-state index contributed by atoms with van der Waals surface area (Å²) in [5.74, 6) is -1.80. The van der Waals surface area contributed by atoms with Gasteiger partial charge in [-0.3, -0.25) is 9.48 Å². The van der Waals surface area contributed by atoms with E-state index in [1.165, 1.54) is 71.8 Å². The van der Waals surface area contributed by atoms with Crippen LogP contribution in [-0.2, 0) is 12.6 Å². The highest BCUT2D eigenvalue weighted by Gasteiger charge is 2.35. The van der Waals surface area contributed by atoms with E-state index in [1.54, 1.807) is 0 Å². The van der Waals surface area contributed by atoms with E-state index in [1.807, 2.05) is 0 Å². The number of nitrogens with zero attached hydrogens (tertiary/aromatic N) is 8. The van der Waals surface area contributed by atoms with Gasteiger partial charge in [0.25, 0.3) is 5.91 Å². The van der Waals surface area contributed by atoms with Crippen molar-refractivity contribution in [2.75, 3.05) is 0 Å². The molecular formula is C30H20ClF6N9O2. The monoisotopic (exact) mass is 687 g/mol. The molecule has 11 nitrogen and oxygen atoms in total. The van der Waals surface area contributed by atoms with Gasteiger partial charge in [0.1, 0.15) is 11.9 Å². The number of nitrogens with two attached hydrogens (primary N) is 1. The summed E-state index contributed by atoms with van der Waals surface area (Å²) in [6, 6.07) is 11.4. The third-order valence-corrected chi connectivity index (χ3v) is 7.58. The van der Waals surface area contributed by atoms with E-state index in [-0.39, 0.29) is 45.2 Å². The molecule has 0 radical (unpaired) electrons. The summed E-state index contributed by atoms with van der Waals surface area (Å²) < 4.78 is 83.9. The van der Waals surface area contributed by atoms with Crippen LogP contribution in [0, 0.1) is 11.0 Å². The zero-order valence-corrected chi connectivity index (χ0v) is 24.8. The van der Waals surface area contributed by atoms with Gasteiger partial charge in [-0.25, -0.2) is 13.8 Å². The summed E-state index contributed by atoms with van der Waals surface area (Å²) in [6.07, 6.45) is 1.01. The molecule has 48 heavy (non-hydrogen) atoms. The lowest BCUT2D eigenvalue weighted by Gasteiger charge is -2.17. The average molecular weight is 688 g/mol. The predicted octanol–water partition coefficient (Wildman–Crippen LogP) is 5.77. The quantitative estimate of drug-likeness (QED) is 0.117. The molecule has 0 spiro atoms. The fourth-order valence-corrected chi connectivity index (χ4v) is 5.21. The number of pyridine rings is 1. The number of primary amides is 1. The minimum absolute atomic E-state index is 0.0824. The third kappa shape index (κ3) is 6.44. The molecule has 2 N–H and O–H groups in total. The minimum atomic E-state index is -4.74. The molecule has 0 aliphatic carbocycles. The summed E-state index contributed by atoms with van der Waals surface area (Å²) in [5, 5.41) is 28.9. The van der Waals surface area contributed by atoms with Crippen LogP contribution in [0.5, 0.6) is 0 Å². The first-order valence-electron chi connectivity index (χ1n) is 13.8. The van der Waals surface area contributed by atoms with Crippen molar-refractivity contribution in [3.05, 3.63) is 124 Å². The van der Waals surface area contributed by atoms with Gasteiger partial charge in [0.15, 0.2) is 11.9 Å². The van der Waals surface area contributed by atoms with Crippen molar-refractivity contribution < 1.29 is 35.9 Å². The normalized spacial score (nSPS) is 12.5. The van der Waals surface area contributed by atoms with E-state index in [0.29, 0.717) is 26.7 Å². The van der Waals surface area contributed by atoms with Gasteiger partial charge in [-0.15, -0.1) is 5.10 Å². The molecule has 0 unspecified atom stereocenters. The van der Waals surface area contributed by atoms with Crippen molar-refractivity contribution in [2.45, 2.75) is 25.2 Å². The number of hydrogen-bond acceptors (Lipinski definition) is 6. The molecule has 0 aliphatic heterocycles. The van der Waals surface area contributed by atoms with Gasteiger partial charge in [-0.2, -0.15) is 36.9 Å². The Morgan fingerprint density at radius 1 is 1.00 bits per heavy atom. The zero-order chi connectivity index (χ0) is 34.3. The lowest BCUT2D eigenvalue weighted by Crippen LogP contribution is -2.36. The van der Waals surface area contributed by atoms with E-state index in [2.05, 4.69) is 20.5 Å². The van der Waals surface area contributed by atoms with Crippen molar-refractivity contribution >= 4 is 17.5 Å². The first-order valence-corrected chi connectivity index (χ1v) is 14.2. The number of aromatic nitrogens is 8. The lowest BCUT2D eigenvalue weighted by molar-refractivity contribution is -0.615. The Morgan fingerprint density at radius 2 is 1.77 bits per heavy atom. The first-order chi connectivity index (χ1) is 22.8. The number of rotatable bonds is 9. The molecular weight excluding hydrogens is 668 g/mol. The van der Waals surface area contributed by atoms with Gasteiger partial charge >= 0.3 is 12.7 Å². The number of hydrogen-bond donors (Lipinski definition) is 1. The molecule has 0 saturated heterocycles. The number of carbonyl (C=O) groups excluding carboxylic acids is 1. The number of carbonyl (C=O) groups is 1. The van der Waals surface area contributed by atoms with Gasteiger partial charge in [0.2, 0.25) is 5.69 Å². The fraction of sp³-hybridized carbons (Fsp3) is 0.133. The second-order valence-electron chi connectivity index (χ2n) is 10.4. The smallest absolute Gasteiger partial charge is 0.436 e. The van der Waals surface area contributed by atoms with Crippen LogP contribution in [0.3, 0.4) is 0 Å². The molecule has 18 heteroatoms. The van der Waals surface area contributed by atoms with Gasteiger partial charge < -0.3 is 10.9 Å². The van der Waals surface area contributed by atoms with E-state index >= 15 is 0 Å². The molecule has 246 valence electrons. The van der Waals surface area contributed by atoms with E-state index in [4.69, 9.17) is 17.3 Å². The second-order valence-corrected chi connectivity index (χ2v) is 10.9. The lowest BCUT2D eigenvalue weighted by atomic mass is 10.0. The summed E-state index contributed by atoms with van der Waals surface area (Å²) in [7, 11) is 0. The summed E-state index contributed by atoms with van der Waals surface area (Å²) in [5.41, 5.74) is 5.34. The van der Waals surface area contributed by atoms with Gasteiger partial charge in [0.05, 0.1) is 29.3 Å². The van der Waals surface area contributed by atoms with Crippen LogP contribution in [0.15, 0.2) is 85.6 Å². The van der Waals surface area contributed by atoms with Crippen LogP contribution in [0.1, 0.15) is 40.0 Å². The highest BCUT2D eigenvalue weighted by atomic mass is 35.5. The Bertz CT molecular complexity index is 2140. The molecule has 0 bridgehead atoms. The van der Waals surface area contributed by atoms with Crippen molar-refractivity contribution in [2.24, 2.45) is 5.73 Å². The first kappa shape index (κ1) is 32.2. The maximum atomic E-state index is 14.5. The molecule has 0 saturated carbocycles. The maximum absolute atomic E-state index is 14.5. The van der Waals surface area contributed by atoms with Crippen molar-refractivity contribution in [1.29, 1.82) is 0 Å². The van der Waals surface area contributed by atoms with Crippen LogP contribution in [-0.4, -0.2) is 40.5 Å². The number of benzene rings is 2. The average Bonchev–Trinajstić information content (AvgIpc) is 3.81. The fourth-order valence-electron chi connectivity index (χ4n) is 5.04. The van der Waals surface area contributed by atoms with Crippen LogP contribution in [0.2, 0.25) is 5.02 Å². The molecule has 1 amide bonds. The van der Waals surface area contributed by atoms with E-state index in [0.717, 1.165) is 16.9 Å². The Kier molecular flexibility index (Phi) is 8.38. The Labute approximate surface area is 271 Å². The highest BCUT2D eigenvalue weighted by molar-refractivity contribution is 6.31. The Morgan fingerprint density at radius 3 is 2.42 bits per heavy atom. The molecule has 4 aromatic heterocycles. The van der Waals surface area contributed by atoms with Crippen LogP contribution in [0.4, 0.5) is 26.3 Å². The zero-order valence-electron chi connectivity index (χ0n) is 24.1.